The molecule has 1 fully saturated rings. The third-order valence-corrected chi connectivity index (χ3v) is 3.19. The normalized spacial score (nSPS) is 19.9. The number of ether oxygens (including phenoxy) is 2. The van der Waals surface area contributed by atoms with Gasteiger partial charge in [-0.15, -0.1) is 0 Å². The Labute approximate surface area is 107 Å². The van der Waals surface area contributed by atoms with Crippen LogP contribution in [0, 0.1) is 0 Å². The molecule has 0 aromatic heterocycles. The molecule has 104 valence electrons. The number of hydrogen-bond acceptors (Lipinski definition) is 5. The zero-order valence-corrected chi connectivity index (χ0v) is 11.2. The lowest BCUT2D eigenvalue weighted by atomic mass is 9.92. The Hall–Kier alpha value is -1.14. The summed E-state index contributed by atoms with van der Waals surface area (Å²) in [6.07, 6.45) is 1.78. The molecule has 0 spiro atoms. The van der Waals surface area contributed by atoms with Crippen molar-refractivity contribution in [2.24, 2.45) is 0 Å². The maximum atomic E-state index is 11.5. The largest absolute Gasteiger partial charge is 0.467 e. The van der Waals surface area contributed by atoms with Gasteiger partial charge in [-0.05, 0) is 19.8 Å². The van der Waals surface area contributed by atoms with Gasteiger partial charge in [0.2, 0.25) is 5.91 Å². The van der Waals surface area contributed by atoms with Gasteiger partial charge in [0.25, 0.3) is 0 Å². The van der Waals surface area contributed by atoms with Crippen LogP contribution in [0.3, 0.4) is 0 Å². The quantitative estimate of drug-likeness (QED) is 0.669. The van der Waals surface area contributed by atoms with Crippen LogP contribution in [0.4, 0.5) is 0 Å². The summed E-state index contributed by atoms with van der Waals surface area (Å²) in [5.74, 6) is -0.683. The van der Waals surface area contributed by atoms with Crippen molar-refractivity contribution >= 4 is 11.9 Å². The number of nitrogens with one attached hydrogen (secondary N) is 2. The van der Waals surface area contributed by atoms with Crippen LogP contribution in [-0.4, -0.2) is 50.3 Å². The van der Waals surface area contributed by atoms with E-state index in [1.807, 2.05) is 0 Å². The molecule has 1 amide bonds. The van der Waals surface area contributed by atoms with Crippen LogP contribution in [-0.2, 0) is 19.1 Å². The first kappa shape index (κ1) is 14.9. The maximum Gasteiger partial charge on any atom is 0.329 e. The van der Waals surface area contributed by atoms with Crippen LogP contribution in [0.2, 0.25) is 0 Å². The summed E-state index contributed by atoms with van der Waals surface area (Å²) >= 11 is 0. The summed E-state index contributed by atoms with van der Waals surface area (Å²) in [6.45, 7) is 5.27. The average molecular weight is 258 g/mol. The van der Waals surface area contributed by atoms with Crippen LogP contribution in [0.5, 0.6) is 0 Å². The molecule has 1 aliphatic rings. The fraction of sp³-hybridized carbons (Fsp3) is 0.833. The van der Waals surface area contributed by atoms with Crippen molar-refractivity contribution in [1.29, 1.82) is 0 Å². The Balaban J connectivity index is 2.49. The summed E-state index contributed by atoms with van der Waals surface area (Å²) in [5.41, 5.74) is -0.0526. The minimum Gasteiger partial charge on any atom is -0.467 e. The van der Waals surface area contributed by atoms with Gasteiger partial charge in [0.05, 0.1) is 7.11 Å². The van der Waals surface area contributed by atoms with E-state index in [-0.39, 0.29) is 11.4 Å². The number of carbonyl (C=O) groups is 2. The minimum atomic E-state index is -0.646. The van der Waals surface area contributed by atoms with Gasteiger partial charge < -0.3 is 20.1 Å². The topological polar surface area (TPSA) is 76.7 Å². The van der Waals surface area contributed by atoms with Crippen LogP contribution in [0.15, 0.2) is 0 Å². The first-order valence-corrected chi connectivity index (χ1v) is 6.14. The Morgan fingerprint density at radius 2 is 2.00 bits per heavy atom. The van der Waals surface area contributed by atoms with Gasteiger partial charge in [0.15, 0.2) is 0 Å². The highest BCUT2D eigenvalue weighted by Crippen LogP contribution is 2.19. The van der Waals surface area contributed by atoms with Crippen molar-refractivity contribution in [3.8, 4) is 0 Å². The van der Waals surface area contributed by atoms with E-state index in [1.165, 1.54) is 14.0 Å². The molecule has 0 bridgehead atoms. The van der Waals surface area contributed by atoms with Gasteiger partial charge in [0, 0.05) is 32.2 Å². The van der Waals surface area contributed by atoms with E-state index in [0.717, 1.165) is 12.8 Å². The summed E-state index contributed by atoms with van der Waals surface area (Å²) in [6, 6.07) is -0.646. The molecule has 18 heavy (non-hydrogen) atoms. The zero-order chi connectivity index (χ0) is 13.6. The molecule has 6 heteroatoms. The lowest BCUT2D eigenvalue weighted by molar-refractivity contribution is -0.144. The van der Waals surface area contributed by atoms with E-state index in [9.17, 15) is 9.59 Å². The van der Waals surface area contributed by atoms with Crippen molar-refractivity contribution in [3.63, 3.8) is 0 Å². The van der Waals surface area contributed by atoms with Crippen LogP contribution in [0.25, 0.3) is 0 Å². The van der Waals surface area contributed by atoms with Crippen LogP contribution >= 0.6 is 0 Å². The van der Waals surface area contributed by atoms with Gasteiger partial charge >= 0.3 is 5.97 Å². The molecule has 1 atom stereocenters. The Bertz CT molecular complexity index is 300. The summed E-state index contributed by atoms with van der Waals surface area (Å²) in [4.78, 5) is 22.6. The van der Waals surface area contributed by atoms with E-state index in [4.69, 9.17) is 4.74 Å². The van der Waals surface area contributed by atoms with Gasteiger partial charge in [0.1, 0.15) is 6.04 Å². The zero-order valence-electron chi connectivity index (χ0n) is 11.2. The summed E-state index contributed by atoms with van der Waals surface area (Å²) in [5, 5.41) is 5.90. The molecule has 1 aliphatic heterocycles. The molecule has 6 nitrogen and oxygen atoms in total. The smallest absolute Gasteiger partial charge is 0.329 e. The maximum absolute atomic E-state index is 11.5. The third-order valence-electron chi connectivity index (χ3n) is 3.19. The predicted octanol–water partition coefficient (Wildman–Crippen LogP) is -0.177. The number of rotatable bonds is 5. The fourth-order valence-corrected chi connectivity index (χ4v) is 1.93. The van der Waals surface area contributed by atoms with Crippen molar-refractivity contribution in [2.75, 3.05) is 26.9 Å². The molecule has 0 aliphatic carbocycles. The van der Waals surface area contributed by atoms with E-state index < -0.39 is 12.0 Å². The van der Waals surface area contributed by atoms with Crippen molar-refractivity contribution in [3.05, 3.63) is 0 Å². The molecule has 1 rings (SSSR count). The molecule has 0 aromatic rings. The number of hydrogen-bond donors (Lipinski definition) is 2. The third kappa shape index (κ3) is 4.62. The molecule has 0 aromatic carbocycles. The SMILES string of the molecule is COC(=O)C(CNC1(C)CCOCC1)NC(C)=O. The lowest BCUT2D eigenvalue weighted by Crippen LogP contribution is -2.54. The number of amides is 1. The lowest BCUT2D eigenvalue weighted by Gasteiger charge is -2.35. The summed E-state index contributed by atoms with van der Waals surface area (Å²) < 4.78 is 9.97. The number of esters is 1. The number of carbonyl (C=O) groups excluding carboxylic acids is 2. The van der Waals surface area contributed by atoms with Crippen LogP contribution < -0.4 is 10.6 Å². The molecule has 0 radical (unpaired) electrons. The van der Waals surface area contributed by atoms with Crippen molar-refractivity contribution in [2.45, 2.75) is 38.3 Å². The second-order valence-corrected chi connectivity index (χ2v) is 4.83. The molecular weight excluding hydrogens is 236 g/mol. The second kappa shape index (κ2) is 6.70. The highest BCUT2D eigenvalue weighted by Gasteiger charge is 2.29. The molecule has 2 N–H and O–H groups in total. The fourth-order valence-electron chi connectivity index (χ4n) is 1.93. The van der Waals surface area contributed by atoms with Crippen molar-refractivity contribution < 1.29 is 19.1 Å². The van der Waals surface area contributed by atoms with Gasteiger partial charge in [-0.1, -0.05) is 0 Å². The van der Waals surface area contributed by atoms with Gasteiger partial charge in [-0.2, -0.15) is 0 Å². The van der Waals surface area contributed by atoms with E-state index in [1.54, 1.807) is 0 Å². The Morgan fingerprint density at radius 1 is 1.39 bits per heavy atom. The van der Waals surface area contributed by atoms with Crippen molar-refractivity contribution in [1.82, 2.24) is 10.6 Å². The molecule has 0 saturated carbocycles. The summed E-state index contributed by atoms with van der Waals surface area (Å²) in [7, 11) is 1.31. The average Bonchev–Trinajstić information content (AvgIpc) is 2.34. The predicted molar refractivity (Wildman–Crippen MR) is 66.1 cm³/mol. The monoisotopic (exact) mass is 258 g/mol. The van der Waals surface area contributed by atoms with Gasteiger partial charge in [-0.25, -0.2) is 4.79 Å². The highest BCUT2D eigenvalue weighted by atomic mass is 16.5. The Morgan fingerprint density at radius 3 is 2.50 bits per heavy atom. The second-order valence-electron chi connectivity index (χ2n) is 4.83. The number of methoxy groups -OCH3 is 1. The highest BCUT2D eigenvalue weighted by molar-refractivity contribution is 5.83. The van der Waals surface area contributed by atoms with E-state index in [0.29, 0.717) is 19.8 Å². The molecule has 1 heterocycles. The first-order chi connectivity index (χ1) is 8.47. The standard InChI is InChI=1S/C12H22N2O4/c1-9(15)14-10(11(16)17-3)8-13-12(2)4-6-18-7-5-12/h10,13H,4-8H2,1-3H3,(H,14,15). The minimum absolute atomic E-state index is 0.0526. The van der Waals surface area contributed by atoms with Gasteiger partial charge in [-0.3, -0.25) is 4.79 Å². The first-order valence-electron chi connectivity index (χ1n) is 6.14. The van der Waals surface area contributed by atoms with Crippen LogP contribution in [0.1, 0.15) is 26.7 Å². The molecule has 1 saturated heterocycles. The molecule has 1 unspecified atom stereocenters. The van der Waals surface area contributed by atoms with E-state index >= 15 is 0 Å². The Kier molecular flexibility index (Phi) is 5.55. The molecular formula is C12H22N2O4. The van der Waals surface area contributed by atoms with E-state index in [2.05, 4.69) is 22.3 Å².